The van der Waals surface area contributed by atoms with E-state index in [1.54, 1.807) is 0 Å². The van der Waals surface area contributed by atoms with E-state index in [0.29, 0.717) is 26.3 Å². The Morgan fingerprint density at radius 2 is 1.62 bits per heavy atom. The summed E-state index contributed by atoms with van der Waals surface area (Å²) >= 11 is 0. The van der Waals surface area contributed by atoms with Crippen LogP contribution in [0.15, 0.2) is 72.8 Å². The topological polar surface area (TPSA) is 104 Å². The monoisotopic (exact) mass is 763 g/mol. The summed E-state index contributed by atoms with van der Waals surface area (Å²) in [6.07, 6.45) is -8.15. The van der Waals surface area contributed by atoms with Crippen LogP contribution in [-0.2, 0) is 27.5 Å². The van der Waals surface area contributed by atoms with Gasteiger partial charge in [0.05, 0.1) is 41.3 Å². The average molecular weight is 764 g/mol. The molecule has 2 fully saturated rings. The maximum atomic E-state index is 14.6. The van der Waals surface area contributed by atoms with E-state index in [2.05, 4.69) is 14.9 Å². The van der Waals surface area contributed by atoms with Crippen LogP contribution in [0.3, 0.4) is 0 Å². The number of aromatic nitrogens is 1. The molecule has 1 atom stereocenters. The molecule has 0 bridgehead atoms. The number of amides is 1. The summed E-state index contributed by atoms with van der Waals surface area (Å²) in [4.78, 5) is 23.6. The van der Waals surface area contributed by atoms with E-state index < -0.39 is 39.9 Å². The summed E-state index contributed by atoms with van der Waals surface area (Å²) in [5.74, 6) is -1.42. The highest BCUT2D eigenvalue weighted by Crippen LogP contribution is 2.38. The van der Waals surface area contributed by atoms with Gasteiger partial charge in [-0.2, -0.15) is 26.3 Å². The Hall–Kier alpha value is -4.25. The number of piperidine rings is 1. The van der Waals surface area contributed by atoms with Gasteiger partial charge < -0.3 is 10.1 Å². The van der Waals surface area contributed by atoms with Crippen molar-refractivity contribution in [3.05, 3.63) is 95.1 Å². The predicted molar refractivity (Wildman–Crippen MR) is 189 cm³/mol. The molecule has 9 nitrogen and oxygen atoms in total. The molecule has 2 aliphatic heterocycles. The number of nitrogens with zero attached hydrogens (tertiary/aromatic N) is 3. The summed E-state index contributed by atoms with van der Waals surface area (Å²) in [5.41, 5.74) is -1.22. The van der Waals surface area contributed by atoms with Crippen molar-refractivity contribution in [2.75, 3.05) is 49.9 Å². The lowest BCUT2D eigenvalue weighted by atomic mass is 9.93. The van der Waals surface area contributed by atoms with Crippen molar-refractivity contribution in [3.63, 3.8) is 0 Å². The van der Waals surface area contributed by atoms with E-state index in [1.165, 1.54) is 67.6 Å². The van der Waals surface area contributed by atoms with Crippen LogP contribution in [0.2, 0.25) is 0 Å². The quantitative estimate of drug-likeness (QED) is 0.168. The Labute approximate surface area is 303 Å². The molecule has 284 valence electrons. The van der Waals surface area contributed by atoms with Crippen LogP contribution in [0.25, 0.3) is 22.2 Å². The first-order valence-electron chi connectivity index (χ1n) is 17.2. The number of benzene rings is 3. The third kappa shape index (κ3) is 9.11. The minimum absolute atomic E-state index is 0.00536. The van der Waals surface area contributed by atoms with E-state index >= 15 is 0 Å². The van der Waals surface area contributed by atoms with Gasteiger partial charge in [-0.05, 0) is 68.8 Å². The molecule has 53 heavy (non-hydrogen) atoms. The zero-order chi connectivity index (χ0) is 38.0. The van der Waals surface area contributed by atoms with Crippen molar-refractivity contribution in [2.45, 2.75) is 50.7 Å². The number of anilines is 1. The number of carbonyl (C=O) groups is 1. The zero-order valence-electron chi connectivity index (χ0n) is 28.8. The largest absolute Gasteiger partial charge is 0.416 e. The predicted octanol–water partition coefficient (Wildman–Crippen LogP) is 7.01. The third-order valence-corrected chi connectivity index (χ3v) is 11.0. The van der Waals surface area contributed by atoms with Gasteiger partial charge in [-0.25, -0.2) is 13.4 Å². The number of halogens is 6. The number of carbonyl (C=O) groups excluding carboxylic acids is 1. The minimum atomic E-state index is -4.92. The van der Waals surface area contributed by atoms with Crippen molar-refractivity contribution < 1.29 is 44.3 Å². The number of morpholine rings is 1. The van der Waals surface area contributed by atoms with Crippen molar-refractivity contribution in [3.8, 4) is 11.3 Å². The lowest BCUT2D eigenvalue weighted by molar-refractivity contribution is -0.155. The second-order valence-electron chi connectivity index (χ2n) is 13.1. The van der Waals surface area contributed by atoms with Crippen LogP contribution in [0.1, 0.15) is 52.9 Å². The minimum Gasteiger partial charge on any atom is -0.379 e. The van der Waals surface area contributed by atoms with Gasteiger partial charge in [0.2, 0.25) is 10.0 Å². The Kier molecular flexibility index (Phi) is 11.3. The van der Waals surface area contributed by atoms with Crippen LogP contribution in [0.5, 0.6) is 0 Å². The van der Waals surface area contributed by atoms with Crippen LogP contribution in [-0.4, -0.2) is 86.5 Å². The van der Waals surface area contributed by atoms with Crippen LogP contribution >= 0.6 is 0 Å². The number of fused-ring (bicyclic) bond motifs is 1. The standard InChI is InChI=1S/C37H39F6N5O4S/c1-2-53(50,51)46-27-11-12-31-29(22-27)32(35(49)45-34(37(41,42)43)24-7-4-3-5-8-24)30(33(44-31)25-9-6-10-26(21-25)36(38,39)40)23-47-15-13-28(14-16-47)48-17-19-52-20-18-48/h3-12,21-22,28,34,46H,2,13-20,23H2,1H3,(H,45,49)/t34-/m1/s1. The van der Waals surface area contributed by atoms with Gasteiger partial charge in [0, 0.05) is 47.9 Å². The lowest BCUT2D eigenvalue weighted by Gasteiger charge is -2.40. The summed E-state index contributed by atoms with van der Waals surface area (Å²) in [6, 6.07) is 13.1. The number of likely N-dealkylation sites (tertiary alicyclic amines) is 1. The fraction of sp³-hybridized carbons (Fsp3) is 0.405. The van der Waals surface area contributed by atoms with Crippen LogP contribution in [0.4, 0.5) is 32.0 Å². The zero-order valence-corrected chi connectivity index (χ0v) is 29.6. The number of alkyl halides is 6. The Bertz CT molecular complexity index is 2030. The van der Waals surface area contributed by atoms with Crippen LogP contribution in [0, 0.1) is 0 Å². The summed E-state index contributed by atoms with van der Waals surface area (Å²) in [7, 11) is -3.81. The average Bonchev–Trinajstić information content (AvgIpc) is 3.13. The molecule has 1 aromatic heterocycles. The summed E-state index contributed by atoms with van der Waals surface area (Å²) < 4.78 is 119. The molecule has 16 heteroatoms. The highest BCUT2D eigenvalue weighted by Gasteiger charge is 2.43. The van der Waals surface area contributed by atoms with E-state index in [0.717, 1.165) is 38.1 Å². The highest BCUT2D eigenvalue weighted by molar-refractivity contribution is 7.92. The fourth-order valence-corrected chi connectivity index (χ4v) is 7.55. The molecule has 0 saturated carbocycles. The van der Waals surface area contributed by atoms with Gasteiger partial charge in [-0.3, -0.25) is 19.3 Å². The molecule has 3 heterocycles. The number of sulfonamides is 1. The molecule has 0 aliphatic carbocycles. The number of rotatable bonds is 10. The normalized spacial score (nSPS) is 17.5. The van der Waals surface area contributed by atoms with Gasteiger partial charge in [0.15, 0.2) is 6.04 Å². The Balaban J connectivity index is 1.52. The van der Waals surface area contributed by atoms with Crippen molar-refractivity contribution in [1.29, 1.82) is 0 Å². The number of pyridine rings is 1. The molecule has 0 unspecified atom stereocenters. The van der Waals surface area contributed by atoms with Crippen molar-refractivity contribution in [1.82, 2.24) is 20.1 Å². The molecule has 4 aromatic rings. The third-order valence-electron chi connectivity index (χ3n) is 9.67. The van der Waals surface area contributed by atoms with Gasteiger partial charge in [-0.1, -0.05) is 42.5 Å². The number of nitrogens with one attached hydrogen (secondary N) is 2. The van der Waals surface area contributed by atoms with Gasteiger partial charge >= 0.3 is 12.4 Å². The number of hydrogen-bond acceptors (Lipinski definition) is 7. The first kappa shape index (κ1) is 38.5. The number of hydrogen-bond donors (Lipinski definition) is 2. The van der Waals surface area contributed by atoms with E-state index in [4.69, 9.17) is 9.72 Å². The van der Waals surface area contributed by atoms with Gasteiger partial charge in [0.1, 0.15) is 0 Å². The number of ether oxygens (including phenoxy) is 1. The first-order chi connectivity index (χ1) is 25.1. The molecule has 0 spiro atoms. The second kappa shape index (κ2) is 15.6. The lowest BCUT2D eigenvalue weighted by Crippen LogP contribution is -2.48. The maximum Gasteiger partial charge on any atom is 0.416 e. The Morgan fingerprint density at radius 1 is 0.925 bits per heavy atom. The molecule has 1 amide bonds. The van der Waals surface area contributed by atoms with Crippen molar-refractivity contribution in [2.24, 2.45) is 0 Å². The molecule has 2 saturated heterocycles. The van der Waals surface area contributed by atoms with Gasteiger partial charge in [-0.15, -0.1) is 0 Å². The molecular weight excluding hydrogens is 724 g/mol. The molecular formula is C37H39F6N5O4S. The fourth-order valence-electron chi connectivity index (χ4n) is 6.92. The molecule has 3 aromatic carbocycles. The smallest absolute Gasteiger partial charge is 0.379 e. The maximum absolute atomic E-state index is 14.6. The van der Waals surface area contributed by atoms with Crippen molar-refractivity contribution >= 4 is 32.5 Å². The van der Waals surface area contributed by atoms with E-state index in [-0.39, 0.29) is 62.9 Å². The molecule has 2 N–H and O–H groups in total. The van der Waals surface area contributed by atoms with Gasteiger partial charge in [0.25, 0.3) is 5.91 Å². The highest BCUT2D eigenvalue weighted by atomic mass is 32.2. The van der Waals surface area contributed by atoms with Crippen LogP contribution < -0.4 is 10.0 Å². The molecule has 0 radical (unpaired) electrons. The van der Waals surface area contributed by atoms with E-state index in [9.17, 15) is 39.6 Å². The summed E-state index contributed by atoms with van der Waals surface area (Å²) in [6.45, 7) is 5.29. The molecule has 6 rings (SSSR count). The molecule has 2 aliphatic rings. The van der Waals surface area contributed by atoms with E-state index in [1.807, 2.05) is 4.90 Å². The second-order valence-corrected chi connectivity index (χ2v) is 15.2. The summed E-state index contributed by atoms with van der Waals surface area (Å²) in [5, 5.41) is 2.18. The SMILES string of the molecule is CCS(=O)(=O)Nc1ccc2nc(-c3cccc(C(F)(F)F)c3)c(CN3CCC(N4CCOCC4)CC3)c(C(=O)N[C@H](c3ccccc3)C(F)(F)F)c2c1. The Morgan fingerprint density at radius 3 is 2.26 bits per heavy atom. The first-order valence-corrected chi connectivity index (χ1v) is 18.9.